The van der Waals surface area contributed by atoms with Gasteiger partial charge in [0.1, 0.15) is 5.82 Å². The van der Waals surface area contributed by atoms with Crippen LogP contribution in [0.3, 0.4) is 0 Å². The minimum Gasteiger partial charge on any atom is -0.493 e. The van der Waals surface area contributed by atoms with Gasteiger partial charge < -0.3 is 9.47 Å². The molecule has 1 unspecified atom stereocenters. The van der Waals surface area contributed by atoms with E-state index in [0.29, 0.717) is 22.1 Å². The second kappa shape index (κ2) is 6.99. The number of halogens is 4. The monoisotopic (exact) mass is 436 g/mol. The Balaban J connectivity index is 2.50. The van der Waals surface area contributed by atoms with Crippen LogP contribution in [0, 0.1) is 5.82 Å². The Kier molecular flexibility index (Phi) is 5.52. The highest BCUT2D eigenvalue weighted by Crippen LogP contribution is 2.42. The van der Waals surface area contributed by atoms with E-state index in [2.05, 4.69) is 31.9 Å². The van der Waals surface area contributed by atoms with Crippen LogP contribution in [0.5, 0.6) is 11.5 Å². The smallest absolute Gasteiger partial charge is 0.161 e. The molecule has 21 heavy (non-hydrogen) atoms. The van der Waals surface area contributed by atoms with Gasteiger partial charge >= 0.3 is 0 Å². The van der Waals surface area contributed by atoms with Crippen LogP contribution in [0.15, 0.2) is 34.8 Å². The van der Waals surface area contributed by atoms with Crippen LogP contribution in [0.1, 0.15) is 16.0 Å². The molecule has 0 spiro atoms. The zero-order chi connectivity index (χ0) is 15.6. The highest BCUT2D eigenvalue weighted by Gasteiger charge is 2.20. The van der Waals surface area contributed by atoms with E-state index in [0.717, 1.165) is 10.0 Å². The third-order valence-electron chi connectivity index (χ3n) is 3.01. The van der Waals surface area contributed by atoms with E-state index in [1.54, 1.807) is 38.5 Å². The Hall–Kier alpha value is -0.780. The molecular weight excluding hydrogens is 426 g/mol. The van der Waals surface area contributed by atoms with Gasteiger partial charge in [-0.05, 0) is 29.8 Å². The fourth-order valence-electron chi connectivity index (χ4n) is 1.94. The van der Waals surface area contributed by atoms with E-state index in [4.69, 9.17) is 21.1 Å². The Bertz CT molecular complexity index is 664. The number of methoxy groups -OCH3 is 2. The molecule has 0 aromatic heterocycles. The number of hydrogen-bond acceptors (Lipinski definition) is 2. The summed E-state index contributed by atoms with van der Waals surface area (Å²) in [6.45, 7) is 0. The van der Waals surface area contributed by atoms with Gasteiger partial charge in [-0.15, -0.1) is 0 Å². The van der Waals surface area contributed by atoms with Crippen molar-refractivity contribution in [3.8, 4) is 11.5 Å². The predicted molar refractivity (Wildman–Crippen MR) is 89.4 cm³/mol. The maximum absolute atomic E-state index is 14.1. The molecule has 0 radical (unpaired) electrons. The summed E-state index contributed by atoms with van der Waals surface area (Å²) in [7, 11) is 3.12. The van der Waals surface area contributed by atoms with Crippen molar-refractivity contribution in [2.45, 2.75) is 4.83 Å². The zero-order valence-electron chi connectivity index (χ0n) is 11.3. The van der Waals surface area contributed by atoms with Gasteiger partial charge in [0.25, 0.3) is 0 Å². The lowest BCUT2D eigenvalue weighted by Gasteiger charge is -2.17. The summed E-state index contributed by atoms with van der Waals surface area (Å²) in [5.74, 6) is 0.810. The summed E-state index contributed by atoms with van der Waals surface area (Å²) in [6.07, 6.45) is 0. The van der Waals surface area contributed by atoms with Crippen molar-refractivity contribution in [3.05, 3.63) is 56.8 Å². The van der Waals surface area contributed by atoms with Gasteiger partial charge in [0, 0.05) is 15.1 Å². The van der Waals surface area contributed by atoms with Gasteiger partial charge in [0.2, 0.25) is 0 Å². The molecule has 0 aliphatic carbocycles. The van der Waals surface area contributed by atoms with Crippen molar-refractivity contribution >= 4 is 43.5 Å². The summed E-state index contributed by atoms with van der Waals surface area (Å²) in [5.41, 5.74) is 1.32. The minimum atomic E-state index is -0.369. The zero-order valence-corrected chi connectivity index (χ0v) is 15.2. The Morgan fingerprint density at radius 3 is 2.24 bits per heavy atom. The lowest BCUT2D eigenvalue weighted by Crippen LogP contribution is -2.00. The first-order chi connectivity index (χ1) is 9.97. The van der Waals surface area contributed by atoms with E-state index in [9.17, 15) is 4.39 Å². The summed E-state index contributed by atoms with van der Waals surface area (Å²) in [6, 6.07) is 8.19. The van der Waals surface area contributed by atoms with E-state index >= 15 is 0 Å². The van der Waals surface area contributed by atoms with Crippen molar-refractivity contribution in [1.29, 1.82) is 0 Å². The van der Waals surface area contributed by atoms with E-state index < -0.39 is 0 Å². The Morgan fingerprint density at radius 1 is 1.05 bits per heavy atom. The average molecular weight is 439 g/mol. The molecular formula is C15H12Br2ClFO2. The van der Waals surface area contributed by atoms with Crippen molar-refractivity contribution in [1.82, 2.24) is 0 Å². The molecule has 0 N–H and O–H groups in total. The second-order valence-corrected chi connectivity index (χ2v) is 6.46. The van der Waals surface area contributed by atoms with Crippen molar-refractivity contribution < 1.29 is 13.9 Å². The summed E-state index contributed by atoms with van der Waals surface area (Å²) < 4.78 is 25.4. The van der Waals surface area contributed by atoms with Crippen molar-refractivity contribution in [2.75, 3.05) is 14.2 Å². The number of benzene rings is 2. The maximum atomic E-state index is 14.1. The highest BCUT2D eigenvalue weighted by atomic mass is 79.9. The third-order valence-corrected chi connectivity index (χ3v) is 4.92. The second-order valence-electron chi connectivity index (χ2n) is 4.26. The van der Waals surface area contributed by atoms with Gasteiger partial charge in [0.15, 0.2) is 11.5 Å². The Morgan fingerprint density at radius 2 is 1.67 bits per heavy atom. The lowest BCUT2D eigenvalue weighted by atomic mass is 10.0. The first-order valence-electron chi connectivity index (χ1n) is 5.98. The van der Waals surface area contributed by atoms with Gasteiger partial charge in [-0.1, -0.05) is 49.5 Å². The van der Waals surface area contributed by atoms with Crippen LogP contribution in [0.25, 0.3) is 0 Å². The standard InChI is InChI=1S/C15H12Br2ClFO2/c1-20-13-6-10(11(16)7-14(13)21-2)15(17)9-4-3-8(18)5-12(9)19/h3-7,15H,1-2H3. The molecule has 0 heterocycles. The molecule has 2 aromatic carbocycles. The summed E-state index contributed by atoms with van der Waals surface area (Å²) >= 11 is 12.8. The summed E-state index contributed by atoms with van der Waals surface area (Å²) in [4.78, 5) is -0.344. The van der Waals surface area contributed by atoms with E-state index in [1.165, 1.54) is 6.07 Å². The molecule has 2 aromatic rings. The Labute approximate surface area is 144 Å². The molecule has 0 saturated heterocycles. The van der Waals surface area contributed by atoms with Crippen LogP contribution in [0.4, 0.5) is 4.39 Å². The fourth-order valence-corrected chi connectivity index (χ4v) is 3.71. The van der Waals surface area contributed by atoms with Crippen LogP contribution in [-0.2, 0) is 0 Å². The SMILES string of the molecule is COc1cc(Br)c(C(Br)c2ccc(Cl)cc2F)cc1OC. The maximum Gasteiger partial charge on any atom is 0.161 e. The van der Waals surface area contributed by atoms with Gasteiger partial charge in [-0.25, -0.2) is 4.39 Å². The van der Waals surface area contributed by atoms with Crippen molar-refractivity contribution in [3.63, 3.8) is 0 Å². The van der Waals surface area contributed by atoms with Crippen LogP contribution >= 0.6 is 43.5 Å². The molecule has 0 aliphatic heterocycles. The van der Waals surface area contributed by atoms with E-state index in [1.807, 2.05) is 0 Å². The van der Waals surface area contributed by atoms with E-state index in [-0.39, 0.29) is 10.6 Å². The molecule has 112 valence electrons. The molecule has 0 fully saturated rings. The number of ether oxygens (including phenoxy) is 2. The first kappa shape index (κ1) is 16.6. The van der Waals surface area contributed by atoms with Crippen LogP contribution in [-0.4, -0.2) is 14.2 Å². The third kappa shape index (κ3) is 3.52. The quantitative estimate of drug-likeness (QED) is 0.567. The normalized spacial score (nSPS) is 12.1. The largest absolute Gasteiger partial charge is 0.493 e. The minimum absolute atomic E-state index is 0.344. The summed E-state index contributed by atoms with van der Waals surface area (Å²) in [5, 5.41) is 0.363. The lowest BCUT2D eigenvalue weighted by molar-refractivity contribution is 0.354. The average Bonchev–Trinajstić information content (AvgIpc) is 2.46. The predicted octanol–water partition coefficient (Wildman–Crippen LogP) is 5.74. The van der Waals surface area contributed by atoms with Crippen LogP contribution < -0.4 is 9.47 Å². The number of rotatable bonds is 4. The molecule has 6 heteroatoms. The molecule has 2 rings (SSSR count). The first-order valence-corrected chi connectivity index (χ1v) is 8.07. The molecule has 0 aliphatic rings. The molecule has 0 bridgehead atoms. The van der Waals surface area contributed by atoms with Gasteiger partial charge in [-0.2, -0.15) is 0 Å². The number of hydrogen-bond donors (Lipinski definition) is 0. The molecule has 2 nitrogen and oxygen atoms in total. The van der Waals surface area contributed by atoms with Crippen molar-refractivity contribution in [2.24, 2.45) is 0 Å². The van der Waals surface area contributed by atoms with Crippen LogP contribution in [0.2, 0.25) is 5.02 Å². The number of alkyl halides is 1. The molecule has 1 atom stereocenters. The molecule has 0 saturated carbocycles. The van der Waals surface area contributed by atoms with Gasteiger partial charge in [-0.3, -0.25) is 0 Å². The van der Waals surface area contributed by atoms with Gasteiger partial charge in [0.05, 0.1) is 19.0 Å². The highest BCUT2D eigenvalue weighted by molar-refractivity contribution is 9.11. The topological polar surface area (TPSA) is 18.5 Å². The molecule has 0 amide bonds. The fraction of sp³-hybridized carbons (Fsp3) is 0.200.